The summed E-state index contributed by atoms with van der Waals surface area (Å²) in [7, 11) is 0. The number of nitrogens with one attached hydrogen (secondary N) is 2. The van der Waals surface area contributed by atoms with E-state index in [1.165, 1.54) is 17.1 Å². The summed E-state index contributed by atoms with van der Waals surface area (Å²) in [5, 5.41) is 15.2. The number of imidazole rings is 1. The van der Waals surface area contributed by atoms with E-state index in [9.17, 15) is 4.79 Å². The Morgan fingerprint density at radius 1 is 1.22 bits per heavy atom. The standard InChI is InChI=1S/C26H22Cl2N8O/c1-16-4-6-17(7-5-16)24-25(28)33-26(32-24)21(14-20-3-2-12-29-20)31-23(37)11-8-18-13-19(27)9-10-22(18)36-15-30-34-35-36/h2-11,13,15,21H,12,14H2,1H3,(H,31,37)(H,32,33)/b11-8+. The van der Waals surface area contributed by atoms with E-state index in [0.29, 0.717) is 45.9 Å². The fourth-order valence-corrected chi connectivity index (χ4v) is 4.36. The number of allylic oxidation sites excluding steroid dienone is 1. The molecule has 5 rings (SSSR count). The van der Waals surface area contributed by atoms with Gasteiger partial charge in [-0.15, -0.1) is 5.10 Å². The topological polar surface area (TPSA) is 114 Å². The van der Waals surface area contributed by atoms with E-state index < -0.39 is 6.04 Å². The zero-order valence-electron chi connectivity index (χ0n) is 19.8. The second kappa shape index (κ2) is 10.9. The van der Waals surface area contributed by atoms with E-state index >= 15 is 0 Å². The Hall–Kier alpha value is -4.08. The molecule has 0 aliphatic carbocycles. The number of hydrogen-bond acceptors (Lipinski definition) is 6. The summed E-state index contributed by atoms with van der Waals surface area (Å²) in [5.41, 5.74) is 4.88. The Kier molecular flexibility index (Phi) is 7.25. The Morgan fingerprint density at radius 3 is 2.78 bits per heavy atom. The van der Waals surface area contributed by atoms with Crippen LogP contribution in [0.15, 0.2) is 72.0 Å². The summed E-state index contributed by atoms with van der Waals surface area (Å²) < 4.78 is 1.50. The highest BCUT2D eigenvalue weighted by Crippen LogP contribution is 2.29. The average Bonchev–Trinajstić information content (AvgIpc) is 3.66. The fourth-order valence-electron chi connectivity index (χ4n) is 3.93. The van der Waals surface area contributed by atoms with Crippen molar-refractivity contribution in [2.75, 3.05) is 6.54 Å². The maximum absolute atomic E-state index is 13.0. The number of tetrazole rings is 1. The van der Waals surface area contributed by atoms with Gasteiger partial charge in [0, 0.05) is 34.4 Å². The molecular weight excluding hydrogens is 511 g/mol. The molecule has 1 aliphatic rings. The van der Waals surface area contributed by atoms with Gasteiger partial charge >= 0.3 is 0 Å². The summed E-state index contributed by atoms with van der Waals surface area (Å²) in [5.74, 6) is 0.224. The van der Waals surface area contributed by atoms with Gasteiger partial charge in [0.15, 0.2) is 0 Å². The number of rotatable bonds is 8. The molecule has 2 N–H and O–H groups in total. The minimum Gasteiger partial charge on any atom is -0.342 e. The Bertz CT molecular complexity index is 1500. The maximum atomic E-state index is 13.0. The molecule has 0 spiro atoms. The summed E-state index contributed by atoms with van der Waals surface area (Å²) >= 11 is 12.7. The molecule has 0 bridgehead atoms. The highest BCUT2D eigenvalue weighted by Gasteiger charge is 2.22. The van der Waals surface area contributed by atoms with E-state index in [0.717, 1.165) is 16.8 Å². The van der Waals surface area contributed by atoms with Gasteiger partial charge in [0.25, 0.3) is 0 Å². The van der Waals surface area contributed by atoms with Crippen LogP contribution in [0.1, 0.15) is 29.4 Å². The molecule has 0 saturated heterocycles. The third-order valence-electron chi connectivity index (χ3n) is 5.77. The normalized spacial score (nSPS) is 13.8. The number of benzene rings is 2. The van der Waals surface area contributed by atoms with Crippen molar-refractivity contribution in [2.45, 2.75) is 19.4 Å². The second-order valence-corrected chi connectivity index (χ2v) is 9.26. The zero-order chi connectivity index (χ0) is 25.8. The molecule has 1 unspecified atom stereocenters. The second-order valence-electron chi connectivity index (χ2n) is 8.44. The average molecular weight is 533 g/mol. The van der Waals surface area contributed by atoms with Gasteiger partial charge in [0.2, 0.25) is 5.91 Å². The number of carbonyl (C=O) groups excluding carboxylic acids is 1. The van der Waals surface area contributed by atoms with Gasteiger partial charge in [-0.1, -0.05) is 59.1 Å². The number of H-pyrrole nitrogens is 1. The van der Waals surface area contributed by atoms with Gasteiger partial charge in [0.1, 0.15) is 23.0 Å². The summed E-state index contributed by atoms with van der Waals surface area (Å²) in [6.45, 7) is 2.64. The largest absolute Gasteiger partial charge is 0.342 e. The number of amides is 1. The minimum atomic E-state index is -0.478. The van der Waals surface area contributed by atoms with Crippen molar-refractivity contribution < 1.29 is 4.79 Å². The first kappa shape index (κ1) is 24.6. The lowest BCUT2D eigenvalue weighted by atomic mass is 10.1. The first-order valence-corrected chi connectivity index (χ1v) is 12.3. The van der Waals surface area contributed by atoms with Gasteiger partial charge < -0.3 is 10.3 Å². The van der Waals surface area contributed by atoms with Crippen LogP contribution >= 0.6 is 23.2 Å². The van der Waals surface area contributed by atoms with E-state index in [2.05, 4.69) is 30.8 Å². The fraction of sp³-hybridized carbons (Fsp3) is 0.154. The van der Waals surface area contributed by atoms with Crippen molar-refractivity contribution in [3.63, 3.8) is 0 Å². The van der Waals surface area contributed by atoms with Crippen LogP contribution in [0.4, 0.5) is 0 Å². The number of halogens is 2. The smallest absolute Gasteiger partial charge is 0.244 e. The zero-order valence-corrected chi connectivity index (χ0v) is 21.3. The van der Waals surface area contributed by atoms with Gasteiger partial charge in [-0.3, -0.25) is 9.79 Å². The van der Waals surface area contributed by atoms with Gasteiger partial charge in [-0.25, -0.2) is 4.98 Å². The monoisotopic (exact) mass is 532 g/mol. The first-order chi connectivity index (χ1) is 18.0. The molecule has 186 valence electrons. The molecule has 3 heterocycles. The van der Waals surface area contributed by atoms with Crippen LogP contribution in [-0.4, -0.2) is 48.3 Å². The van der Waals surface area contributed by atoms with E-state index in [-0.39, 0.29) is 5.91 Å². The maximum Gasteiger partial charge on any atom is 0.244 e. The van der Waals surface area contributed by atoms with E-state index in [1.807, 2.05) is 43.3 Å². The lowest BCUT2D eigenvalue weighted by Gasteiger charge is -2.15. The highest BCUT2D eigenvalue weighted by molar-refractivity contribution is 6.32. The summed E-state index contributed by atoms with van der Waals surface area (Å²) in [6.07, 6.45) is 8.95. The van der Waals surface area contributed by atoms with Gasteiger partial charge in [-0.05, 0) is 47.7 Å². The number of aryl methyl sites for hydroxylation is 1. The van der Waals surface area contributed by atoms with Crippen molar-refractivity contribution in [1.82, 2.24) is 35.5 Å². The third kappa shape index (κ3) is 5.84. The van der Waals surface area contributed by atoms with Crippen LogP contribution in [0.25, 0.3) is 23.0 Å². The van der Waals surface area contributed by atoms with Crippen molar-refractivity contribution in [3.8, 4) is 16.9 Å². The van der Waals surface area contributed by atoms with Crippen LogP contribution in [0, 0.1) is 6.92 Å². The van der Waals surface area contributed by atoms with Gasteiger partial charge in [-0.2, -0.15) is 4.68 Å². The van der Waals surface area contributed by atoms with Crippen LogP contribution in [0.2, 0.25) is 10.2 Å². The number of hydrogen-bond donors (Lipinski definition) is 2. The lowest BCUT2D eigenvalue weighted by molar-refractivity contribution is -0.117. The molecule has 0 fully saturated rings. The van der Waals surface area contributed by atoms with Crippen molar-refractivity contribution >= 4 is 40.9 Å². The quantitative estimate of drug-likeness (QED) is 0.312. The summed E-state index contributed by atoms with van der Waals surface area (Å²) in [6, 6.07) is 12.7. The minimum absolute atomic E-state index is 0.320. The molecular formula is C26H22Cl2N8O. The molecule has 2 aromatic heterocycles. The molecule has 0 radical (unpaired) electrons. The molecule has 11 heteroatoms. The Balaban J connectivity index is 1.40. The molecule has 1 atom stereocenters. The lowest BCUT2D eigenvalue weighted by Crippen LogP contribution is -2.29. The molecule has 4 aromatic rings. The number of aromatic nitrogens is 6. The van der Waals surface area contributed by atoms with Crippen LogP contribution in [0.3, 0.4) is 0 Å². The molecule has 37 heavy (non-hydrogen) atoms. The van der Waals surface area contributed by atoms with Crippen LogP contribution in [-0.2, 0) is 4.79 Å². The SMILES string of the molecule is Cc1ccc(-c2nc(C(CC3=NCC=C3)NC(=O)/C=C/c3cc(Cl)ccc3-n3cnnn3)[nH]c2Cl)cc1. The molecule has 0 saturated carbocycles. The molecule has 1 amide bonds. The van der Waals surface area contributed by atoms with E-state index in [1.54, 1.807) is 24.3 Å². The highest BCUT2D eigenvalue weighted by atomic mass is 35.5. The molecule has 9 nitrogen and oxygen atoms in total. The summed E-state index contributed by atoms with van der Waals surface area (Å²) in [4.78, 5) is 25.4. The molecule has 2 aromatic carbocycles. The predicted octanol–water partition coefficient (Wildman–Crippen LogP) is 4.94. The number of carbonyl (C=O) groups is 1. The first-order valence-electron chi connectivity index (χ1n) is 11.5. The third-order valence-corrected chi connectivity index (χ3v) is 6.28. The van der Waals surface area contributed by atoms with Crippen molar-refractivity contribution in [1.29, 1.82) is 0 Å². The number of nitrogens with zero attached hydrogens (tertiary/aromatic N) is 6. The number of aliphatic imine (C=N–C) groups is 1. The molecule has 1 aliphatic heterocycles. The van der Waals surface area contributed by atoms with Crippen molar-refractivity contribution in [2.24, 2.45) is 4.99 Å². The number of aromatic amines is 1. The van der Waals surface area contributed by atoms with Crippen molar-refractivity contribution in [3.05, 3.63) is 94.1 Å². The van der Waals surface area contributed by atoms with Gasteiger partial charge in [0.05, 0.1) is 18.3 Å². The Labute approximate surface area is 222 Å². The van der Waals surface area contributed by atoms with Crippen LogP contribution in [0.5, 0.6) is 0 Å². The van der Waals surface area contributed by atoms with Crippen LogP contribution < -0.4 is 5.32 Å². The Morgan fingerprint density at radius 2 is 2.05 bits per heavy atom. The van der Waals surface area contributed by atoms with E-state index in [4.69, 9.17) is 28.2 Å². The predicted molar refractivity (Wildman–Crippen MR) is 144 cm³/mol.